The van der Waals surface area contributed by atoms with Crippen LogP contribution in [-0.4, -0.2) is 105 Å². The van der Waals surface area contributed by atoms with E-state index in [0.29, 0.717) is 5.16 Å². The molecule has 1 aliphatic rings. The predicted molar refractivity (Wildman–Crippen MR) is 221 cm³/mol. The van der Waals surface area contributed by atoms with Gasteiger partial charge in [0.05, 0.1) is 42.2 Å². The van der Waals surface area contributed by atoms with Crippen LogP contribution in [0.3, 0.4) is 0 Å². The van der Waals surface area contributed by atoms with E-state index in [2.05, 4.69) is 61.1 Å². The zero-order valence-corrected chi connectivity index (χ0v) is 29.0. The van der Waals surface area contributed by atoms with Crippen LogP contribution in [0.25, 0.3) is 0 Å². The first-order chi connectivity index (χ1) is 17.4. The number of aryl methyl sites for hydroxylation is 2. The molecule has 0 bridgehead atoms. The Balaban J connectivity index is -0.0000000317. The van der Waals surface area contributed by atoms with E-state index in [-0.39, 0.29) is 108 Å². The van der Waals surface area contributed by atoms with Gasteiger partial charge < -0.3 is 26.7 Å². The maximum atomic E-state index is 5.17. The van der Waals surface area contributed by atoms with Crippen LogP contribution in [-0.2, 0) is 0 Å². The minimum atomic E-state index is 0. The summed E-state index contributed by atoms with van der Waals surface area (Å²) < 4.78 is 0. The van der Waals surface area contributed by atoms with Crippen molar-refractivity contribution in [2.45, 2.75) is 103 Å². The van der Waals surface area contributed by atoms with Crippen LogP contribution >= 0.6 is 35.3 Å². The zero-order valence-electron chi connectivity index (χ0n) is 25.1. The molecule has 1 unspecified atom stereocenters. The molecule has 0 radical (unpaired) electrons. The first-order valence-corrected chi connectivity index (χ1v) is 14.3. The van der Waals surface area contributed by atoms with Crippen LogP contribution < -0.4 is 17.3 Å². The Kier molecular flexibility index (Phi) is 90.5. The third kappa shape index (κ3) is 43.7. The topological polar surface area (TPSA) is 214 Å². The number of aromatic nitrogens is 9. The number of anilines is 1. The van der Waals surface area contributed by atoms with Gasteiger partial charge in [-0.25, -0.2) is 15.0 Å². The number of amidine groups is 1. The van der Waals surface area contributed by atoms with Gasteiger partial charge >= 0.3 is 23.1 Å². The van der Waals surface area contributed by atoms with E-state index < -0.39 is 0 Å². The molecule has 3 aromatic rings. The number of nitrogen functional groups attached to an aromatic ring is 1. The van der Waals surface area contributed by atoms with Crippen LogP contribution in [0.1, 0.15) is 84.1 Å². The Morgan fingerprint density at radius 3 is 1.45 bits per heavy atom. The summed E-state index contributed by atoms with van der Waals surface area (Å²) in [5.41, 5.74) is 9.66. The maximum absolute atomic E-state index is 5.17. The summed E-state index contributed by atoms with van der Waals surface area (Å²) in [5, 5.41) is 28.0. The second-order valence-corrected chi connectivity index (χ2v) is 8.28. The van der Waals surface area contributed by atoms with Gasteiger partial charge in [0.2, 0.25) is 16.3 Å². The number of hydrogen-bond donors (Lipinski definition) is 3. The summed E-state index contributed by atoms with van der Waals surface area (Å²) in [6, 6.07) is 0.230. The SMILES string of the molecule is C.C.C.C.C.C.C.CC.CSC1=NC(C)C=NN1.CSc1nccnn1.CSc1nncc(C)n1.Cc1cnnc(N)n1.N.[CH3-].[CH3-].[Mg+2]. The number of thioether (sulfide) groups is 3. The van der Waals surface area contributed by atoms with Crippen LogP contribution in [0.4, 0.5) is 5.95 Å². The summed E-state index contributed by atoms with van der Waals surface area (Å²) in [4.78, 5) is 16.0. The Morgan fingerprint density at radius 2 is 1.17 bits per heavy atom. The third-order valence-electron chi connectivity index (χ3n) is 3.15. The van der Waals surface area contributed by atoms with E-state index in [1.165, 1.54) is 23.5 Å². The first-order valence-electron chi connectivity index (χ1n) is 10.6. The number of rotatable bonds is 2. The van der Waals surface area contributed by atoms with Crippen LogP contribution in [0.15, 0.2) is 45.2 Å². The summed E-state index contributed by atoms with van der Waals surface area (Å²) in [6.45, 7) is 9.71. The Labute approximate surface area is 319 Å². The summed E-state index contributed by atoms with van der Waals surface area (Å²) in [7, 11) is 0. The van der Waals surface area contributed by atoms with E-state index >= 15 is 0 Å². The van der Waals surface area contributed by atoms with Crippen molar-refractivity contribution in [1.29, 1.82) is 0 Å². The summed E-state index contributed by atoms with van der Waals surface area (Å²) >= 11 is 4.56. The zero-order chi connectivity index (χ0) is 27.2. The second kappa shape index (κ2) is 53.2. The van der Waals surface area contributed by atoms with E-state index in [1.54, 1.807) is 42.8 Å². The minimum absolute atomic E-state index is 0. The number of hydrazone groups is 1. The van der Waals surface area contributed by atoms with Crippen molar-refractivity contribution in [3.8, 4) is 0 Å². The number of aliphatic imine (C=N–C) groups is 1. The predicted octanol–water partition coefficient (Wildman–Crippen LogP) is 8.10. The molecule has 1 aliphatic heterocycles. The molecule has 0 saturated carbocycles. The molecule has 47 heavy (non-hydrogen) atoms. The molecular weight excluding hydrogens is 665 g/mol. The summed E-state index contributed by atoms with van der Waals surface area (Å²) in [6.07, 6.45) is 14.0. The van der Waals surface area contributed by atoms with Gasteiger partial charge in [0.25, 0.3) is 0 Å². The normalized spacial score (nSPS) is 9.87. The fraction of sp³-hybridized carbons (Fsp3) is 0.552. The molecule has 0 aromatic carbocycles. The standard InChI is InChI=1S/C5H9N3S.C5H7N3S.C4H6N4.C4H5N3S.C2H6.7CH4.2CH3.Mg.H3N/c2*1-4-3-6-8-5(7-4)9-2;1-3-2-6-8-4(5)7-3;1-8-4-5-2-3-6-7-4;1-2;;;;;;;;;;;/h3-4H,1-2H3,(H,7,8);3H,1-2H3;2H,1H3,(H2,5,7,8);2-3H,1H3;1-2H3;7*1H4;2*1H3;;1H3/q;;;;;;;;;;;;2*-1;+2;. The maximum Gasteiger partial charge on any atom is 2.00 e. The van der Waals surface area contributed by atoms with Gasteiger partial charge in [-0.05, 0) is 39.5 Å². The van der Waals surface area contributed by atoms with E-state index in [0.717, 1.165) is 21.7 Å². The molecule has 4 heterocycles. The smallest absolute Gasteiger partial charge is 0.366 e. The molecule has 0 amide bonds. The molecule has 4 rings (SSSR count). The quantitative estimate of drug-likeness (QED) is 0.129. The Hall–Kier alpha value is -2.25. The van der Waals surface area contributed by atoms with Crippen LogP contribution in [0.2, 0.25) is 0 Å². The second-order valence-electron chi connectivity index (χ2n) is 5.94. The van der Waals surface area contributed by atoms with Crippen molar-refractivity contribution in [2.24, 2.45) is 10.1 Å². The number of nitrogens with zero attached hydrogens (tertiary/aromatic N) is 11. The van der Waals surface area contributed by atoms with Crippen molar-refractivity contribution in [3.63, 3.8) is 0 Å². The first kappa shape index (κ1) is 79.9. The average molecular weight is 735 g/mol. The van der Waals surface area contributed by atoms with Crippen molar-refractivity contribution < 1.29 is 0 Å². The molecule has 6 N–H and O–H groups in total. The molecule has 0 fully saturated rings. The fourth-order valence-electron chi connectivity index (χ4n) is 1.73. The van der Waals surface area contributed by atoms with Crippen molar-refractivity contribution >= 4 is 75.7 Å². The molecule has 1 atom stereocenters. The van der Waals surface area contributed by atoms with Gasteiger partial charge in [0, 0.05) is 6.21 Å². The Bertz CT molecular complexity index is 1020. The van der Waals surface area contributed by atoms with Gasteiger partial charge in [0.1, 0.15) is 0 Å². The molecule has 0 aliphatic carbocycles. The van der Waals surface area contributed by atoms with Gasteiger partial charge in [0.15, 0.2) is 5.17 Å². The molecule has 18 heteroatoms. The van der Waals surface area contributed by atoms with E-state index in [9.17, 15) is 0 Å². The van der Waals surface area contributed by atoms with Gasteiger partial charge in [-0.1, -0.05) is 101 Å². The molecule has 276 valence electrons. The minimum Gasteiger partial charge on any atom is -0.366 e. The van der Waals surface area contributed by atoms with Gasteiger partial charge in [-0.3, -0.25) is 10.4 Å². The van der Waals surface area contributed by atoms with E-state index in [1.807, 2.05) is 53.4 Å². The van der Waals surface area contributed by atoms with Crippen molar-refractivity contribution in [3.05, 3.63) is 51.0 Å². The monoisotopic (exact) mass is 734 g/mol. The van der Waals surface area contributed by atoms with Crippen LogP contribution in [0.5, 0.6) is 0 Å². The van der Waals surface area contributed by atoms with Crippen LogP contribution in [0, 0.1) is 28.7 Å². The fourth-order valence-corrected chi connectivity index (χ4v) is 2.80. The number of hydrogen-bond acceptors (Lipinski definition) is 17. The Morgan fingerprint density at radius 1 is 0.702 bits per heavy atom. The molecular formula is C29H70MgN14S3. The molecule has 0 saturated heterocycles. The summed E-state index contributed by atoms with van der Waals surface area (Å²) in [5.74, 6) is 0.227. The van der Waals surface area contributed by atoms with Crippen molar-refractivity contribution in [1.82, 2.24) is 57.1 Å². The molecule has 0 spiro atoms. The molecule has 14 nitrogen and oxygen atoms in total. The van der Waals surface area contributed by atoms with E-state index in [4.69, 9.17) is 5.73 Å². The average Bonchev–Trinajstić information content (AvgIpc) is 2.91. The van der Waals surface area contributed by atoms with Gasteiger partial charge in [-0.2, -0.15) is 20.4 Å². The largest absolute Gasteiger partial charge is 2.00 e. The molecule has 3 aromatic heterocycles. The number of nitrogens with one attached hydrogen (secondary N) is 1. The third-order valence-corrected chi connectivity index (χ3v) is 4.82. The van der Waals surface area contributed by atoms with Gasteiger partial charge in [-0.15, -0.1) is 15.3 Å². The number of nitrogens with two attached hydrogens (primary N) is 1. The van der Waals surface area contributed by atoms with Crippen molar-refractivity contribution in [2.75, 3.05) is 24.5 Å².